The van der Waals surface area contributed by atoms with Crippen molar-refractivity contribution in [1.29, 1.82) is 0 Å². The van der Waals surface area contributed by atoms with Crippen LogP contribution in [0.2, 0.25) is 5.02 Å². The minimum atomic E-state index is -0.335. The Morgan fingerprint density at radius 1 is 1.10 bits per heavy atom. The van der Waals surface area contributed by atoms with Crippen LogP contribution in [0.3, 0.4) is 0 Å². The van der Waals surface area contributed by atoms with E-state index in [0.29, 0.717) is 21.3 Å². The van der Waals surface area contributed by atoms with Crippen molar-refractivity contribution in [2.45, 2.75) is 26.4 Å². The summed E-state index contributed by atoms with van der Waals surface area (Å²) in [6, 6.07) is 16.2. The molecule has 5 nitrogen and oxygen atoms in total. The third-order valence-electron chi connectivity index (χ3n) is 4.17. The lowest BCUT2D eigenvalue weighted by Gasteiger charge is -2.08. The first-order valence-corrected chi connectivity index (χ1v) is 10.6. The first-order chi connectivity index (χ1) is 14.4. The first kappa shape index (κ1) is 21.9. The van der Waals surface area contributed by atoms with Crippen LogP contribution < -0.4 is 10.1 Å². The molecule has 2 aromatic carbocycles. The van der Waals surface area contributed by atoms with Crippen molar-refractivity contribution in [1.82, 2.24) is 0 Å². The number of anilines is 1. The topological polar surface area (TPSA) is 64.6 Å². The van der Waals surface area contributed by atoms with Crippen LogP contribution in [-0.2, 0) is 16.0 Å². The lowest BCUT2D eigenvalue weighted by Crippen LogP contribution is -2.14. The van der Waals surface area contributed by atoms with E-state index in [9.17, 15) is 9.59 Å². The highest BCUT2D eigenvalue weighted by Gasteiger charge is 2.19. The SMILES string of the molecule is COc1cccc(NC(=O)c2cc(CC(=O)OC(C)C)c(-c3ccc(Cl)cc3)s2)c1. The second-order valence-corrected chi connectivity index (χ2v) is 8.36. The van der Waals surface area contributed by atoms with Crippen molar-refractivity contribution in [3.8, 4) is 16.2 Å². The fourth-order valence-electron chi connectivity index (χ4n) is 2.87. The fourth-order valence-corrected chi connectivity index (χ4v) is 4.08. The van der Waals surface area contributed by atoms with Gasteiger partial charge in [-0.25, -0.2) is 0 Å². The lowest BCUT2D eigenvalue weighted by atomic mass is 10.1. The summed E-state index contributed by atoms with van der Waals surface area (Å²) >= 11 is 7.33. The zero-order valence-electron chi connectivity index (χ0n) is 16.9. The number of benzene rings is 2. The Balaban J connectivity index is 1.90. The van der Waals surface area contributed by atoms with Gasteiger partial charge in [0.15, 0.2) is 0 Å². The van der Waals surface area contributed by atoms with E-state index in [1.807, 2.05) is 12.1 Å². The molecule has 1 heterocycles. The normalized spacial score (nSPS) is 10.7. The molecule has 1 aromatic heterocycles. The highest BCUT2D eigenvalue weighted by Crippen LogP contribution is 2.34. The summed E-state index contributed by atoms with van der Waals surface area (Å²) in [5, 5.41) is 3.49. The maximum Gasteiger partial charge on any atom is 0.310 e. The molecule has 3 rings (SSSR count). The molecule has 0 atom stereocenters. The molecule has 156 valence electrons. The van der Waals surface area contributed by atoms with Crippen LogP contribution in [0.4, 0.5) is 5.69 Å². The Morgan fingerprint density at radius 3 is 2.50 bits per heavy atom. The molecule has 0 saturated heterocycles. The molecular formula is C23H22ClNO4S. The summed E-state index contributed by atoms with van der Waals surface area (Å²) in [4.78, 5) is 26.4. The Labute approximate surface area is 184 Å². The Bertz CT molecular complexity index is 1040. The molecule has 0 saturated carbocycles. The summed E-state index contributed by atoms with van der Waals surface area (Å²) in [6.45, 7) is 3.61. The van der Waals surface area contributed by atoms with Gasteiger partial charge in [-0.15, -0.1) is 11.3 Å². The van der Waals surface area contributed by atoms with E-state index in [4.69, 9.17) is 21.1 Å². The minimum Gasteiger partial charge on any atom is -0.497 e. The molecule has 0 fully saturated rings. The van der Waals surface area contributed by atoms with Gasteiger partial charge in [0.2, 0.25) is 0 Å². The Kier molecular flexibility index (Phi) is 7.13. The number of nitrogens with one attached hydrogen (secondary N) is 1. The van der Waals surface area contributed by atoms with Crippen molar-refractivity contribution in [3.05, 3.63) is 70.1 Å². The Hall–Kier alpha value is -2.83. The van der Waals surface area contributed by atoms with Crippen LogP contribution in [0.15, 0.2) is 54.6 Å². The van der Waals surface area contributed by atoms with Gasteiger partial charge in [0.1, 0.15) is 5.75 Å². The number of carbonyl (C=O) groups excluding carboxylic acids is 2. The monoisotopic (exact) mass is 443 g/mol. The maximum atomic E-state index is 12.8. The average Bonchev–Trinajstić information content (AvgIpc) is 3.12. The molecule has 0 spiro atoms. The predicted octanol–water partition coefficient (Wildman–Crippen LogP) is 5.82. The van der Waals surface area contributed by atoms with Crippen molar-refractivity contribution in [2.24, 2.45) is 0 Å². The molecule has 7 heteroatoms. The van der Waals surface area contributed by atoms with E-state index in [1.54, 1.807) is 63.4 Å². The van der Waals surface area contributed by atoms with E-state index < -0.39 is 0 Å². The molecule has 1 amide bonds. The summed E-state index contributed by atoms with van der Waals surface area (Å²) in [5.74, 6) is 0.0580. The molecular weight excluding hydrogens is 422 g/mol. The van der Waals surface area contributed by atoms with Crippen LogP contribution in [0.1, 0.15) is 29.1 Å². The number of amides is 1. The summed E-state index contributed by atoms with van der Waals surface area (Å²) in [5.41, 5.74) is 2.25. The van der Waals surface area contributed by atoms with Crippen molar-refractivity contribution in [2.75, 3.05) is 12.4 Å². The van der Waals surface area contributed by atoms with Crippen molar-refractivity contribution < 1.29 is 19.1 Å². The molecule has 0 aliphatic rings. The molecule has 0 aliphatic carbocycles. The summed E-state index contributed by atoms with van der Waals surface area (Å²) < 4.78 is 10.5. The second kappa shape index (κ2) is 9.78. The van der Waals surface area contributed by atoms with Gasteiger partial charge >= 0.3 is 5.97 Å². The van der Waals surface area contributed by atoms with Crippen LogP contribution in [0.25, 0.3) is 10.4 Å². The standard InChI is InChI=1S/C23H22ClNO4S/c1-14(2)29-21(26)12-16-11-20(30-22(16)15-7-9-17(24)10-8-15)23(27)25-18-5-4-6-19(13-18)28-3/h4-11,13-14H,12H2,1-3H3,(H,25,27). The maximum absolute atomic E-state index is 12.8. The van der Waals surface area contributed by atoms with E-state index in [1.165, 1.54) is 11.3 Å². The lowest BCUT2D eigenvalue weighted by molar-refractivity contribution is -0.146. The third-order valence-corrected chi connectivity index (χ3v) is 5.65. The minimum absolute atomic E-state index is 0.0824. The molecule has 3 aromatic rings. The summed E-state index contributed by atoms with van der Waals surface area (Å²) in [7, 11) is 1.57. The highest BCUT2D eigenvalue weighted by atomic mass is 35.5. The number of methoxy groups -OCH3 is 1. The van der Waals surface area contributed by atoms with Gasteiger partial charge in [0.25, 0.3) is 5.91 Å². The Morgan fingerprint density at radius 2 is 1.83 bits per heavy atom. The molecule has 0 radical (unpaired) electrons. The van der Waals surface area contributed by atoms with Gasteiger partial charge in [0, 0.05) is 21.7 Å². The number of esters is 1. The number of hydrogen-bond donors (Lipinski definition) is 1. The van der Waals surface area contributed by atoms with Crippen molar-refractivity contribution in [3.63, 3.8) is 0 Å². The van der Waals surface area contributed by atoms with Crippen LogP contribution in [0.5, 0.6) is 5.75 Å². The smallest absolute Gasteiger partial charge is 0.310 e. The first-order valence-electron chi connectivity index (χ1n) is 9.39. The number of ether oxygens (including phenoxy) is 2. The highest BCUT2D eigenvalue weighted by molar-refractivity contribution is 7.17. The van der Waals surface area contributed by atoms with E-state index >= 15 is 0 Å². The molecule has 0 bridgehead atoms. The van der Waals surface area contributed by atoms with Gasteiger partial charge < -0.3 is 14.8 Å². The zero-order valence-corrected chi connectivity index (χ0v) is 18.5. The van der Waals surface area contributed by atoms with E-state index in [0.717, 1.165) is 16.0 Å². The van der Waals surface area contributed by atoms with Gasteiger partial charge in [-0.1, -0.05) is 29.8 Å². The van der Waals surface area contributed by atoms with E-state index in [2.05, 4.69) is 5.32 Å². The van der Waals surface area contributed by atoms with Crippen LogP contribution in [0, 0.1) is 0 Å². The van der Waals surface area contributed by atoms with Gasteiger partial charge in [-0.2, -0.15) is 0 Å². The number of rotatable bonds is 7. The molecule has 30 heavy (non-hydrogen) atoms. The number of halogens is 1. The van der Waals surface area contributed by atoms with Gasteiger partial charge in [-0.3, -0.25) is 9.59 Å². The number of hydrogen-bond acceptors (Lipinski definition) is 5. The fraction of sp³-hybridized carbons (Fsp3) is 0.217. The zero-order chi connectivity index (χ0) is 21.7. The van der Waals surface area contributed by atoms with Gasteiger partial charge in [0.05, 0.1) is 24.5 Å². The number of thiophene rings is 1. The quantitative estimate of drug-likeness (QED) is 0.467. The van der Waals surface area contributed by atoms with Gasteiger partial charge in [-0.05, 0) is 55.3 Å². The van der Waals surface area contributed by atoms with E-state index in [-0.39, 0.29) is 24.4 Å². The number of carbonyl (C=O) groups is 2. The second-order valence-electron chi connectivity index (χ2n) is 6.87. The van der Waals surface area contributed by atoms with Crippen LogP contribution in [-0.4, -0.2) is 25.1 Å². The van der Waals surface area contributed by atoms with Crippen molar-refractivity contribution >= 4 is 40.5 Å². The summed E-state index contributed by atoms with van der Waals surface area (Å²) in [6.07, 6.45) is -0.120. The third kappa shape index (κ3) is 5.62. The molecule has 0 unspecified atom stereocenters. The predicted molar refractivity (Wildman–Crippen MR) is 121 cm³/mol. The molecule has 0 aliphatic heterocycles. The molecule has 1 N–H and O–H groups in total. The van der Waals surface area contributed by atoms with Crippen LogP contribution >= 0.6 is 22.9 Å². The average molecular weight is 444 g/mol. The largest absolute Gasteiger partial charge is 0.497 e.